The highest BCUT2D eigenvalue weighted by atomic mass is 16.2. The predicted molar refractivity (Wildman–Crippen MR) is 104 cm³/mol. The standard InChI is InChI=1S/C21H22N4O2/c1-23(12-15-11-22-24(2)13-15)21(27)17-10-20(26)25(14-17)19-9-5-7-16-6-3-4-8-18(16)19/h3-9,11,13,17H,10,12,14H2,1-2H3. The number of aryl methyl sites for hydroxylation is 1. The molecule has 1 unspecified atom stereocenters. The molecule has 27 heavy (non-hydrogen) atoms. The second-order valence-electron chi connectivity index (χ2n) is 7.12. The number of hydrogen-bond donors (Lipinski definition) is 0. The zero-order valence-corrected chi connectivity index (χ0v) is 15.5. The normalized spacial score (nSPS) is 16.9. The lowest BCUT2D eigenvalue weighted by atomic mass is 10.1. The highest BCUT2D eigenvalue weighted by Gasteiger charge is 2.37. The Morgan fingerprint density at radius 2 is 2.00 bits per heavy atom. The van der Waals surface area contributed by atoms with Crippen molar-refractivity contribution in [3.05, 3.63) is 60.4 Å². The SMILES string of the molecule is CN(Cc1cnn(C)c1)C(=O)C1CC(=O)N(c2cccc3ccccc23)C1. The molecule has 3 aromatic rings. The summed E-state index contributed by atoms with van der Waals surface area (Å²) in [5.41, 5.74) is 1.85. The van der Waals surface area contributed by atoms with E-state index in [1.807, 2.05) is 55.7 Å². The highest BCUT2D eigenvalue weighted by molar-refractivity contribution is 6.06. The van der Waals surface area contributed by atoms with E-state index in [0.717, 1.165) is 22.0 Å². The van der Waals surface area contributed by atoms with E-state index in [2.05, 4.69) is 5.10 Å². The molecule has 0 aliphatic carbocycles. The van der Waals surface area contributed by atoms with E-state index < -0.39 is 0 Å². The first-order valence-electron chi connectivity index (χ1n) is 9.03. The van der Waals surface area contributed by atoms with Gasteiger partial charge in [0.15, 0.2) is 0 Å². The first-order chi connectivity index (χ1) is 13.0. The topological polar surface area (TPSA) is 58.4 Å². The maximum absolute atomic E-state index is 12.9. The number of amides is 2. The number of carbonyl (C=O) groups is 2. The summed E-state index contributed by atoms with van der Waals surface area (Å²) in [5.74, 6) is -0.326. The average Bonchev–Trinajstić information content (AvgIpc) is 3.26. The molecule has 2 heterocycles. The van der Waals surface area contributed by atoms with Gasteiger partial charge in [0.25, 0.3) is 0 Å². The summed E-state index contributed by atoms with van der Waals surface area (Å²) in [6, 6.07) is 13.9. The van der Waals surface area contributed by atoms with Crippen molar-refractivity contribution >= 4 is 28.3 Å². The van der Waals surface area contributed by atoms with Crippen molar-refractivity contribution in [1.29, 1.82) is 0 Å². The molecule has 1 fully saturated rings. The summed E-state index contributed by atoms with van der Waals surface area (Å²) in [6.45, 7) is 0.911. The number of hydrogen-bond acceptors (Lipinski definition) is 3. The third-order valence-corrected chi connectivity index (χ3v) is 5.09. The fourth-order valence-corrected chi connectivity index (χ4v) is 3.77. The summed E-state index contributed by atoms with van der Waals surface area (Å²) in [6.07, 6.45) is 3.90. The van der Waals surface area contributed by atoms with Crippen LogP contribution in [0.25, 0.3) is 10.8 Å². The largest absolute Gasteiger partial charge is 0.341 e. The minimum Gasteiger partial charge on any atom is -0.341 e. The van der Waals surface area contributed by atoms with Crippen LogP contribution in [0.2, 0.25) is 0 Å². The van der Waals surface area contributed by atoms with Crippen molar-refractivity contribution in [3.63, 3.8) is 0 Å². The Bertz CT molecular complexity index is 1000. The van der Waals surface area contributed by atoms with Gasteiger partial charge in [0.1, 0.15) is 0 Å². The van der Waals surface area contributed by atoms with Gasteiger partial charge in [-0.1, -0.05) is 36.4 Å². The molecular formula is C21H22N4O2. The van der Waals surface area contributed by atoms with E-state index in [1.54, 1.807) is 27.7 Å². The molecule has 0 bridgehead atoms. The van der Waals surface area contributed by atoms with Crippen molar-refractivity contribution in [2.75, 3.05) is 18.5 Å². The quantitative estimate of drug-likeness (QED) is 0.717. The second kappa shape index (κ2) is 6.87. The lowest BCUT2D eigenvalue weighted by molar-refractivity contribution is -0.135. The zero-order valence-electron chi connectivity index (χ0n) is 15.5. The minimum atomic E-state index is -0.321. The van der Waals surface area contributed by atoms with Crippen molar-refractivity contribution in [2.45, 2.75) is 13.0 Å². The molecule has 0 N–H and O–H groups in total. The molecule has 2 amide bonds. The van der Waals surface area contributed by atoms with E-state index in [4.69, 9.17) is 0 Å². The fraction of sp³-hybridized carbons (Fsp3) is 0.286. The van der Waals surface area contributed by atoms with Crippen LogP contribution in [-0.4, -0.2) is 40.1 Å². The smallest absolute Gasteiger partial charge is 0.228 e. The Hall–Kier alpha value is -3.15. The van der Waals surface area contributed by atoms with Crippen molar-refractivity contribution in [2.24, 2.45) is 13.0 Å². The molecule has 4 rings (SSSR count). The molecule has 1 aliphatic rings. The third-order valence-electron chi connectivity index (χ3n) is 5.09. The van der Waals surface area contributed by atoms with E-state index >= 15 is 0 Å². The molecule has 1 saturated heterocycles. The van der Waals surface area contributed by atoms with E-state index in [-0.39, 0.29) is 24.2 Å². The Morgan fingerprint density at radius 1 is 1.22 bits per heavy atom. The van der Waals surface area contributed by atoms with Gasteiger partial charge in [-0.15, -0.1) is 0 Å². The van der Waals surface area contributed by atoms with Gasteiger partial charge in [-0.05, 0) is 11.5 Å². The summed E-state index contributed by atoms with van der Waals surface area (Å²) < 4.78 is 1.72. The van der Waals surface area contributed by atoms with E-state index in [1.165, 1.54) is 0 Å². The average molecular weight is 362 g/mol. The molecule has 0 spiro atoms. The van der Waals surface area contributed by atoms with Crippen molar-refractivity contribution < 1.29 is 9.59 Å². The van der Waals surface area contributed by atoms with Gasteiger partial charge >= 0.3 is 0 Å². The predicted octanol–water partition coefficient (Wildman–Crippen LogP) is 2.58. The third kappa shape index (κ3) is 3.30. The van der Waals surface area contributed by atoms with Gasteiger partial charge < -0.3 is 9.80 Å². The number of fused-ring (bicyclic) bond motifs is 1. The van der Waals surface area contributed by atoms with Gasteiger partial charge in [0.05, 0.1) is 17.8 Å². The molecule has 0 saturated carbocycles. The summed E-state index contributed by atoms with van der Waals surface area (Å²) >= 11 is 0. The van der Waals surface area contributed by atoms with Gasteiger partial charge in [0, 0.05) is 50.8 Å². The van der Waals surface area contributed by atoms with Gasteiger partial charge in [-0.2, -0.15) is 5.10 Å². The highest BCUT2D eigenvalue weighted by Crippen LogP contribution is 2.32. The Kier molecular flexibility index (Phi) is 4.39. The molecule has 0 radical (unpaired) electrons. The molecule has 1 aliphatic heterocycles. The minimum absolute atomic E-state index is 0.000481. The van der Waals surface area contributed by atoms with Crippen LogP contribution in [0.3, 0.4) is 0 Å². The van der Waals surface area contributed by atoms with Crippen molar-refractivity contribution in [3.8, 4) is 0 Å². The first kappa shape index (κ1) is 17.3. The molecule has 2 aromatic carbocycles. The number of nitrogens with zero attached hydrogens (tertiary/aromatic N) is 4. The number of carbonyl (C=O) groups excluding carboxylic acids is 2. The Morgan fingerprint density at radius 3 is 2.78 bits per heavy atom. The Labute approximate surface area is 158 Å². The molecule has 1 atom stereocenters. The van der Waals surface area contributed by atoms with E-state index in [0.29, 0.717) is 13.1 Å². The maximum Gasteiger partial charge on any atom is 0.228 e. The molecule has 1 aromatic heterocycles. The summed E-state index contributed by atoms with van der Waals surface area (Å²) in [7, 11) is 3.63. The molecular weight excluding hydrogens is 340 g/mol. The fourth-order valence-electron chi connectivity index (χ4n) is 3.77. The number of rotatable bonds is 4. The molecule has 6 heteroatoms. The number of anilines is 1. The number of aromatic nitrogens is 2. The van der Waals surface area contributed by atoms with E-state index in [9.17, 15) is 9.59 Å². The lowest BCUT2D eigenvalue weighted by Crippen LogP contribution is -2.34. The number of benzene rings is 2. The van der Waals surface area contributed by atoms with Gasteiger partial charge in [-0.25, -0.2) is 0 Å². The van der Waals surface area contributed by atoms with Crippen LogP contribution >= 0.6 is 0 Å². The summed E-state index contributed by atoms with van der Waals surface area (Å²) in [5, 5.41) is 6.26. The van der Waals surface area contributed by atoms with Gasteiger partial charge in [-0.3, -0.25) is 14.3 Å². The van der Waals surface area contributed by atoms with Crippen LogP contribution in [0.1, 0.15) is 12.0 Å². The van der Waals surface area contributed by atoms with Gasteiger partial charge in [0.2, 0.25) is 11.8 Å². The van der Waals surface area contributed by atoms with Crippen LogP contribution in [0.15, 0.2) is 54.9 Å². The lowest BCUT2D eigenvalue weighted by Gasteiger charge is -2.22. The van der Waals surface area contributed by atoms with Crippen LogP contribution in [0, 0.1) is 5.92 Å². The molecule has 6 nitrogen and oxygen atoms in total. The maximum atomic E-state index is 12.9. The van der Waals surface area contributed by atoms with Crippen molar-refractivity contribution in [1.82, 2.24) is 14.7 Å². The van der Waals surface area contributed by atoms with Crippen LogP contribution in [0.5, 0.6) is 0 Å². The second-order valence-corrected chi connectivity index (χ2v) is 7.12. The first-order valence-corrected chi connectivity index (χ1v) is 9.03. The van der Waals surface area contributed by atoms with Crippen LogP contribution in [-0.2, 0) is 23.2 Å². The molecule has 138 valence electrons. The van der Waals surface area contributed by atoms with Crippen LogP contribution < -0.4 is 4.90 Å². The summed E-state index contributed by atoms with van der Waals surface area (Å²) in [4.78, 5) is 29.0. The monoisotopic (exact) mass is 362 g/mol. The Balaban J connectivity index is 1.52. The zero-order chi connectivity index (χ0) is 19.0. The van der Waals surface area contributed by atoms with Crippen LogP contribution in [0.4, 0.5) is 5.69 Å².